The zero-order chi connectivity index (χ0) is 16.2. The minimum absolute atomic E-state index is 0.0620. The molecule has 1 aliphatic rings. The molecule has 0 bridgehead atoms. The fourth-order valence-electron chi connectivity index (χ4n) is 2.87. The molecule has 1 atom stereocenters. The van der Waals surface area contributed by atoms with Crippen molar-refractivity contribution < 1.29 is 4.79 Å². The first-order chi connectivity index (χ1) is 11.1. The first kappa shape index (κ1) is 15.3. The molecule has 23 heavy (non-hydrogen) atoms. The van der Waals surface area contributed by atoms with Crippen LogP contribution in [0.5, 0.6) is 0 Å². The highest BCUT2D eigenvalue weighted by molar-refractivity contribution is 5.80. The minimum Gasteiger partial charge on any atom is -0.368 e. The molecular weight excluding hydrogens is 290 g/mol. The summed E-state index contributed by atoms with van der Waals surface area (Å²) >= 11 is 0. The van der Waals surface area contributed by atoms with Crippen LogP contribution in [-0.4, -0.2) is 39.9 Å². The van der Waals surface area contributed by atoms with E-state index in [-0.39, 0.29) is 17.9 Å². The van der Waals surface area contributed by atoms with E-state index in [0.717, 1.165) is 18.7 Å². The number of amides is 1. The Morgan fingerprint density at radius 3 is 2.83 bits per heavy atom. The molecule has 0 aliphatic carbocycles. The normalized spacial score (nSPS) is 17.5. The van der Waals surface area contributed by atoms with Gasteiger partial charge < -0.3 is 16.0 Å². The summed E-state index contributed by atoms with van der Waals surface area (Å²) in [6, 6.07) is 12.1. The van der Waals surface area contributed by atoms with Crippen LogP contribution in [0.15, 0.2) is 36.4 Å². The van der Waals surface area contributed by atoms with Crippen molar-refractivity contribution in [1.82, 2.24) is 14.9 Å². The second-order valence-corrected chi connectivity index (χ2v) is 5.87. The molecule has 6 nitrogen and oxygen atoms in total. The van der Waals surface area contributed by atoms with Crippen LogP contribution < -0.4 is 11.1 Å². The summed E-state index contributed by atoms with van der Waals surface area (Å²) in [4.78, 5) is 22.3. The molecule has 120 valence electrons. The van der Waals surface area contributed by atoms with Gasteiger partial charge in [0.2, 0.25) is 11.9 Å². The summed E-state index contributed by atoms with van der Waals surface area (Å²) < 4.78 is 0. The summed E-state index contributed by atoms with van der Waals surface area (Å²) in [5.41, 5.74) is 7.72. The molecule has 3 rings (SSSR count). The second kappa shape index (κ2) is 6.64. The Morgan fingerprint density at radius 1 is 1.30 bits per heavy atom. The molecule has 1 unspecified atom stereocenters. The molecule has 1 aromatic carbocycles. The van der Waals surface area contributed by atoms with Crippen molar-refractivity contribution in [3.05, 3.63) is 47.7 Å². The number of benzene rings is 1. The maximum absolute atomic E-state index is 12.2. The van der Waals surface area contributed by atoms with Gasteiger partial charge in [0.05, 0.1) is 6.04 Å². The Balaban J connectivity index is 1.56. The Kier molecular flexibility index (Phi) is 4.41. The predicted octanol–water partition coefficient (Wildman–Crippen LogP) is 1.62. The fourth-order valence-corrected chi connectivity index (χ4v) is 2.87. The number of aryl methyl sites for hydroxylation is 1. The van der Waals surface area contributed by atoms with Crippen LogP contribution in [0.25, 0.3) is 0 Å². The van der Waals surface area contributed by atoms with Gasteiger partial charge in [-0.15, -0.1) is 0 Å². The number of likely N-dealkylation sites (tertiary alicyclic amines) is 1. The Labute approximate surface area is 135 Å². The SMILES string of the molecule is Cc1cc(NC2CC(=O)N(CCc3ccccc3)C2)nc(N)n1. The molecule has 1 fully saturated rings. The van der Waals surface area contributed by atoms with Crippen molar-refractivity contribution in [2.45, 2.75) is 25.8 Å². The van der Waals surface area contributed by atoms with Crippen LogP contribution in [-0.2, 0) is 11.2 Å². The molecule has 0 saturated carbocycles. The van der Waals surface area contributed by atoms with Crippen molar-refractivity contribution in [2.24, 2.45) is 0 Å². The van der Waals surface area contributed by atoms with Gasteiger partial charge in [-0.3, -0.25) is 4.79 Å². The van der Waals surface area contributed by atoms with E-state index in [4.69, 9.17) is 5.73 Å². The van der Waals surface area contributed by atoms with Crippen LogP contribution in [0.2, 0.25) is 0 Å². The monoisotopic (exact) mass is 311 g/mol. The van der Waals surface area contributed by atoms with E-state index in [0.29, 0.717) is 18.8 Å². The summed E-state index contributed by atoms with van der Waals surface area (Å²) in [5, 5.41) is 3.29. The highest BCUT2D eigenvalue weighted by atomic mass is 16.2. The molecule has 2 aromatic rings. The lowest BCUT2D eigenvalue weighted by atomic mass is 10.1. The molecule has 2 heterocycles. The van der Waals surface area contributed by atoms with Crippen molar-refractivity contribution in [3.63, 3.8) is 0 Å². The molecule has 1 saturated heterocycles. The van der Waals surface area contributed by atoms with Gasteiger partial charge in [-0.2, -0.15) is 4.98 Å². The van der Waals surface area contributed by atoms with E-state index in [1.807, 2.05) is 36.1 Å². The van der Waals surface area contributed by atoms with E-state index in [9.17, 15) is 4.79 Å². The van der Waals surface area contributed by atoms with Crippen LogP contribution in [0.4, 0.5) is 11.8 Å². The standard InChI is InChI=1S/C17H21N5O/c1-12-9-15(21-17(18)19-12)20-14-10-16(23)22(11-14)8-7-13-5-3-2-4-6-13/h2-6,9,14H,7-8,10-11H2,1H3,(H3,18,19,20,21). The molecule has 0 radical (unpaired) electrons. The number of aromatic nitrogens is 2. The van der Waals surface area contributed by atoms with Crippen molar-refractivity contribution in [3.8, 4) is 0 Å². The first-order valence-electron chi connectivity index (χ1n) is 7.79. The number of anilines is 2. The zero-order valence-electron chi connectivity index (χ0n) is 13.2. The summed E-state index contributed by atoms with van der Waals surface area (Å²) in [6.45, 7) is 3.30. The maximum atomic E-state index is 12.2. The number of nitrogens with zero attached hydrogens (tertiary/aromatic N) is 3. The van der Waals surface area contributed by atoms with Crippen molar-refractivity contribution in [1.29, 1.82) is 0 Å². The van der Waals surface area contributed by atoms with Crippen molar-refractivity contribution in [2.75, 3.05) is 24.1 Å². The lowest BCUT2D eigenvalue weighted by molar-refractivity contribution is -0.127. The summed E-state index contributed by atoms with van der Waals surface area (Å²) in [7, 11) is 0. The van der Waals surface area contributed by atoms with E-state index in [2.05, 4.69) is 27.4 Å². The number of nitrogen functional groups attached to an aromatic ring is 1. The second-order valence-electron chi connectivity index (χ2n) is 5.87. The third kappa shape index (κ3) is 3.97. The lowest BCUT2D eigenvalue weighted by Gasteiger charge is -2.17. The van der Waals surface area contributed by atoms with Crippen LogP contribution in [0, 0.1) is 6.92 Å². The molecule has 1 aromatic heterocycles. The quantitative estimate of drug-likeness (QED) is 0.876. The van der Waals surface area contributed by atoms with Gasteiger partial charge in [0.1, 0.15) is 5.82 Å². The highest BCUT2D eigenvalue weighted by Crippen LogP contribution is 2.17. The van der Waals surface area contributed by atoms with Gasteiger partial charge in [0.15, 0.2) is 0 Å². The lowest BCUT2D eigenvalue weighted by Crippen LogP contribution is -2.30. The van der Waals surface area contributed by atoms with Gasteiger partial charge in [0.25, 0.3) is 0 Å². The topological polar surface area (TPSA) is 84.1 Å². The average Bonchev–Trinajstić information content (AvgIpc) is 2.85. The van der Waals surface area contributed by atoms with E-state index >= 15 is 0 Å². The number of carbonyl (C=O) groups is 1. The van der Waals surface area contributed by atoms with Gasteiger partial charge in [0, 0.05) is 31.3 Å². The molecule has 0 spiro atoms. The number of rotatable bonds is 5. The number of nitrogens with one attached hydrogen (secondary N) is 1. The minimum atomic E-state index is 0.0620. The van der Waals surface area contributed by atoms with Crippen molar-refractivity contribution >= 4 is 17.7 Å². The van der Waals surface area contributed by atoms with Crippen LogP contribution >= 0.6 is 0 Å². The highest BCUT2D eigenvalue weighted by Gasteiger charge is 2.29. The fraction of sp³-hybridized carbons (Fsp3) is 0.353. The molecule has 6 heteroatoms. The van der Waals surface area contributed by atoms with E-state index in [1.54, 1.807) is 0 Å². The smallest absolute Gasteiger partial charge is 0.224 e. The summed E-state index contributed by atoms with van der Waals surface area (Å²) in [5.74, 6) is 1.10. The Bertz CT molecular complexity index is 668. The molecule has 1 aliphatic heterocycles. The number of hydrogen-bond donors (Lipinski definition) is 2. The molecule has 1 amide bonds. The summed E-state index contributed by atoms with van der Waals surface area (Å²) in [6.07, 6.45) is 1.36. The average molecular weight is 311 g/mol. The number of carbonyl (C=O) groups excluding carboxylic acids is 1. The molecular formula is C17H21N5O. The third-order valence-electron chi connectivity index (χ3n) is 3.95. The van der Waals surface area contributed by atoms with Gasteiger partial charge in [-0.1, -0.05) is 30.3 Å². The van der Waals surface area contributed by atoms with E-state index < -0.39 is 0 Å². The Morgan fingerprint density at radius 2 is 2.09 bits per heavy atom. The Hall–Kier alpha value is -2.63. The largest absolute Gasteiger partial charge is 0.368 e. The first-order valence-corrected chi connectivity index (χ1v) is 7.79. The van der Waals surface area contributed by atoms with Gasteiger partial charge in [-0.05, 0) is 18.9 Å². The number of nitrogens with two attached hydrogens (primary N) is 1. The molecule has 3 N–H and O–H groups in total. The predicted molar refractivity (Wildman–Crippen MR) is 89.9 cm³/mol. The van der Waals surface area contributed by atoms with Gasteiger partial charge in [-0.25, -0.2) is 4.98 Å². The number of hydrogen-bond acceptors (Lipinski definition) is 5. The van der Waals surface area contributed by atoms with Crippen LogP contribution in [0.1, 0.15) is 17.7 Å². The third-order valence-corrected chi connectivity index (χ3v) is 3.95. The van der Waals surface area contributed by atoms with Crippen LogP contribution in [0.3, 0.4) is 0 Å². The van der Waals surface area contributed by atoms with Gasteiger partial charge >= 0.3 is 0 Å². The zero-order valence-corrected chi connectivity index (χ0v) is 13.2. The maximum Gasteiger partial charge on any atom is 0.224 e. The van der Waals surface area contributed by atoms with E-state index in [1.165, 1.54) is 5.56 Å².